The fourth-order valence-electron chi connectivity index (χ4n) is 2.50. The number of aliphatic carboxylic acids is 1. The molecular weight excluding hydrogens is 261 g/mol. The van der Waals surface area contributed by atoms with Crippen LogP contribution < -0.4 is 0 Å². The number of rotatable bonds is 5. The molecule has 1 aromatic rings. The lowest BCUT2D eigenvalue weighted by atomic mass is 9.98. The number of carbonyl (C=O) groups excluding carboxylic acids is 1. The van der Waals surface area contributed by atoms with Crippen LogP contribution in [0.2, 0.25) is 0 Å². The van der Waals surface area contributed by atoms with Gasteiger partial charge < -0.3 is 10.0 Å². The third kappa shape index (κ3) is 3.87. The van der Waals surface area contributed by atoms with Crippen LogP contribution in [-0.2, 0) is 4.79 Å². The van der Waals surface area contributed by atoms with Crippen molar-refractivity contribution in [2.24, 2.45) is 5.92 Å². The molecule has 0 amide bonds. The maximum absolute atomic E-state index is 12.8. The van der Waals surface area contributed by atoms with Gasteiger partial charge in [0.25, 0.3) is 0 Å². The Hall–Kier alpha value is -1.75. The largest absolute Gasteiger partial charge is 0.481 e. The molecule has 5 heteroatoms. The van der Waals surface area contributed by atoms with Gasteiger partial charge in [-0.05, 0) is 43.7 Å². The molecule has 20 heavy (non-hydrogen) atoms. The highest BCUT2D eigenvalue weighted by Gasteiger charge is 2.25. The number of carbonyl (C=O) groups is 2. The second kappa shape index (κ2) is 6.61. The molecule has 1 N–H and O–H groups in total. The van der Waals surface area contributed by atoms with Gasteiger partial charge >= 0.3 is 5.97 Å². The van der Waals surface area contributed by atoms with Crippen molar-refractivity contribution in [3.05, 3.63) is 35.6 Å². The van der Waals surface area contributed by atoms with Crippen LogP contribution in [0.4, 0.5) is 4.39 Å². The Bertz CT molecular complexity index is 486. The number of likely N-dealkylation sites (tertiary alicyclic amines) is 1. The first-order valence-electron chi connectivity index (χ1n) is 6.80. The summed E-state index contributed by atoms with van der Waals surface area (Å²) in [5.74, 6) is -1.49. The number of piperidine rings is 1. The number of carboxylic acids is 1. The van der Waals surface area contributed by atoms with E-state index in [-0.39, 0.29) is 17.5 Å². The summed E-state index contributed by atoms with van der Waals surface area (Å²) in [5, 5.41) is 9.01. The Morgan fingerprint density at radius 1 is 1.30 bits per heavy atom. The van der Waals surface area contributed by atoms with Gasteiger partial charge in [-0.25, -0.2) is 4.39 Å². The van der Waals surface area contributed by atoms with Gasteiger partial charge in [0.15, 0.2) is 5.78 Å². The van der Waals surface area contributed by atoms with Crippen LogP contribution in [0.15, 0.2) is 24.3 Å². The molecule has 1 heterocycles. The van der Waals surface area contributed by atoms with E-state index in [9.17, 15) is 14.0 Å². The van der Waals surface area contributed by atoms with Crippen molar-refractivity contribution >= 4 is 11.8 Å². The number of ketones is 1. The van der Waals surface area contributed by atoms with Crippen molar-refractivity contribution in [2.45, 2.75) is 19.3 Å². The molecule has 1 aliphatic heterocycles. The standard InChI is InChI=1S/C15H18FNO3/c16-13-5-3-11(4-6-13)14(18)7-9-17-8-1-2-12(10-17)15(19)20/h3-6,12H,1-2,7-10H2,(H,19,20). The Balaban J connectivity index is 1.84. The summed E-state index contributed by atoms with van der Waals surface area (Å²) in [7, 11) is 0. The fraction of sp³-hybridized carbons (Fsp3) is 0.467. The summed E-state index contributed by atoms with van der Waals surface area (Å²) >= 11 is 0. The van der Waals surface area contributed by atoms with E-state index in [0.29, 0.717) is 31.5 Å². The Morgan fingerprint density at radius 3 is 2.65 bits per heavy atom. The number of Topliss-reactive ketones (excluding diaryl/α,β-unsaturated/α-hetero) is 1. The summed E-state index contributed by atoms with van der Waals surface area (Å²) < 4.78 is 12.8. The molecular formula is C15H18FNO3. The lowest BCUT2D eigenvalue weighted by Gasteiger charge is -2.30. The van der Waals surface area contributed by atoms with Crippen molar-refractivity contribution in [3.63, 3.8) is 0 Å². The number of hydrogen-bond acceptors (Lipinski definition) is 3. The average molecular weight is 279 g/mol. The molecule has 1 aliphatic rings. The SMILES string of the molecule is O=C(CCN1CCCC(C(=O)O)C1)c1ccc(F)cc1. The van der Waals surface area contributed by atoms with Crippen molar-refractivity contribution < 1.29 is 19.1 Å². The molecule has 0 spiro atoms. The zero-order valence-electron chi connectivity index (χ0n) is 11.2. The minimum atomic E-state index is -0.764. The highest BCUT2D eigenvalue weighted by atomic mass is 19.1. The topological polar surface area (TPSA) is 57.6 Å². The van der Waals surface area contributed by atoms with Crippen LogP contribution in [0, 0.1) is 11.7 Å². The van der Waals surface area contributed by atoms with E-state index in [1.807, 2.05) is 4.90 Å². The summed E-state index contributed by atoms with van der Waals surface area (Å²) in [6.07, 6.45) is 1.89. The van der Waals surface area contributed by atoms with E-state index < -0.39 is 5.97 Å². The number of hydrogen-bond donors (Lipinski definition) is 1. The molecule has 108 valence electrons. The molecule has 0 aromatic heterocycles. The maximum Gasteiger partial charge on any atom is 0.307 e. The molecule has 1 aromatic carbocycles. The van der Waals surface area contributed by atoms with Crippen molar-refractivity contribution in [1.29, 1.82) is 0 Å². The first-order valence-corrected chi connectivity index (χ1v) is 6.80. The Morgan fingerprint density at radius 2 is 2.00 bits per heavy atom. The number of halogens is 1. The highest BCUT2D eigenvalue weighted by molar-refractivity contribution is 5.96. The number of carboxylic acid groups (broad SMARTS) is 1. The summed E-state index contributed by atoms with van der Waals surface area (Å²) in [6.45, 7) is 1.90. The first kappa shape index (κ1) is 14.7. The second-order valence-corrected chi connectivity index (χ2v) is 5.16. The molecule has 0 radical (unpaired) electrons. The Labute approximate surface area is 117 Å². The predicted octanol–water partition coefficient (Wildman–Crippen LogP) is 2.20. The van der Waals surface area contributed by atoms with Crippen LogP contribution in [-0.4, -0.2) is 41.4 Å². The lowest BCUT2D eigenvalue weighted by molar-refractivity contribution is -0.143. The molecule has 0 saturated carbocycles. The van der Waals surface area contributed by atoms with Gasteiger partial charge in [0, 0.05) is 25.1 Å². The lowest BCUT2D eigenvalue weighted by Crippen LogP contribution is -2.39. The van der Waals surface area contributed by atoms with E-state index in [2.05, 4.69) is 0 Å². The van der Waals surface area contributed by atoms with E-state index in [1.54, 1.807) is 0 Å². The van der Waals surface area contributed by atoms with E-state index in [4.69, 9.17) is 5.11 Å². The quantitative estimate of drug-likeness (QED) is 0.839. The second-order valence-electron chi connectivity index (χ2n) is 5.16. The zero-order chi connectivity index (χ0) is 14.5. The third-order valence-corrected chi connectivity index (χ3v) is 3.68. The predicted molar refractivity (Wildman–Crippen MR) is 72.1 cm³/mol. The van der Waals surface area contributed by atoms with E-state index >= 15 is 0 Å². The van der Waals surface area contributed by atoms with E-state index in [1.165, 1.54) is 24.3 Å². The smallest absolute Gasteiger partial charge is 0.307 e. The van der Waals surface area contributed by atoms with Gasteiger partial charge in [0.1, 0.15) is 5.82 Å². The van der Waals surface area contributed by atoms with Gasteiger partial charge in [0.2, 0.25) is 0 Å². The van der Waals surface area contributed by atoms with E-state index in [0.717, 1.165) is 13.0 Å². The Kier molecular flexibility index (Phi) is 4.84. The minimum absolute atomic E-state index is 0.0394. The third-order valence-electron chi connectivity index (χ3n) is 3.68. The van der Waals surface area contributed by atoms with Crippen molar-refractivity contribution in [2.75, 3.05) is 19.6 Å². The molecule has 1 atom stereocenters. The monoisotopic (exact) mass is 279 g/mol. The number of nitrogens with zero attached hydrogens (tertiary/aromatic N) is 1. The molecule has 1 saturated heterocycles. The number of benzene rings is 1. The maximum atomic E-state index is 12.8. The van der Waals surface area contributed by atoms with Gasteiger partial charge in [-0.2, -0.15) is 0 Å². The minimum Gasteiger partial charge on any atom is -0.481 e. The summed E-state index contributed by atoms with van der Waals surface area (Å²) in [5.41, 5.74) is 0.498. The molecule has 1 fully saturated rings. The van der Waals surface area contributed by atoms with Crippen LogP contribution >= 0.6 is 0 Å². The van der Waals surface area contributed by atoms with Crippen molar-refractivity contribution in [3.8, 4) is 0 Å². The average Bonchev–Trinajstić information content (AvgIpc) is 2.46. The summed E-state index contributed by atoms with van der Waals surface area (Å²) in [4.78, 5) is 24.9. The van der Waals surface area contributed by atoms with Crippen LogP contribution in [0.5, 0.6) is 0 Å². The normalized spacial score (nSPS) is 19.8. The molecule has 1 unspecified atom stereocenters. The molecule has 2 rings (SSSR count). The van der Waals surface area contributed by atoms with Crippen LogP contribution in [0.25, 0.3) is 0 Å². The van der Waals surface area contributed by atoms with Crippen LogP contribution in [0.3, 0.4) is 0 Å². The summed E-state index contributed by atoms with van der Waals surface area (Å²) in [6, 6.07) is 5.50. The van der Waals surface area contributed by atoms with Gasteiger partial charge in [0.05, 0.1) is 5.92 Å². The van der Waals surface area contributed by atoms with Crippen molar-refractivity contribution in [1.82, 2.24) is 4.90 Å². The highest BCUT2D eigenvalue weighted by Crippen LogP contribution is 2.17. The van der Waals surface area contributed by atoms with Gasteiger partial charge in [-0.1, -0.05) is 0 Å². The van der Waals surface area contributed by atoms with Gasteiger partial charge in [-0.3, -0.25) is 9.59 Å². The zero-order valence-corrected chi connectivity index (χ0v) is 11.2. The molecule has 4 nitrogen and oxygen atoms in total. The molecule has 0 aliphatic carbocycles. The fourth-order valence-corrected chi connectivity index (χ4v) is 2.50. The first-order chi connectivity index (χ1) is 9.56. The van der Waals surface area contributed by atoms with Crippen LogP contribution in [0.1, 0.15) is 29.6 Å². The van der Waals surface area contributed by atoms with Gasteiger partial charge in [-0.15, -0.1) is 0 Å². The molecule has 0 bridgehead atoms.